The van der Waals surface area contributed by atoms with Crippen molar-refractivity contribution in [3.8, 4) is 5.69 Å². The lowest BCUT2D eigenvalue weighted by Gasteiger charge is -2.14. The van der Waals surface area contributed by atoms with Gasteiger partial charge in [0.1, 0.15) is 0 Å². The molecule has 1 heterocycles. The molecule has 1 aromatic heterocycles. The fraction of sp³-hybridized carbons (Fsp3) is 0.438. The largest absolute Gasteiger partial charge is 0.378 e. The van der Waals surface area contributed by atoms with Crippen LogP contribution in [-0.4, -0.2) is 30.2 Å². The lowest BCUT2D eigenvalue weighted by Crippen LogP contribution is -2.12. The second-order valence-electron chi connectivity index (χ2n) is 5.76. The van der Waals surface area contributed by atoms with E-state index in [1.807, 2.05) is 21.0 Å². The molecule has 1 aromatic carbocycles. The Morgan fingerprint density at radius 2 is 1.85 bits per heavy atom. The van der Waals surface area contributed by atoms with Crippen molar-refractivity contribution in [3.63, 3.8) is 0 Å². The third-order valence-electron chi connectivity index (χ3n) is 3.14. The van der Waals surface area contributed by atoms with Gasteiger partial charge in [-0.2, -0.15) is 0 Å². The first-order valence-corrected chi connectivity index (χ1v) is 7.05. The van der Waals surface area contributed by atoms with Crippen LogP contribution in [0.25, 0.3) is 5.69 Å². The van der Waals surface area contributed by atoms with E-state index in [1.54, 1.807) is 0 Å². The Labute approximate surface area is 121 Å². The quantitative estimate of drug-likeness (QED) is 0.906. The van der Waals surface area contributed by atoms with Crippen LogP contribution in [0.5, 0.6) is 0 Å². The molecule has 4 nitrogen and oxygen atoms in total. The number of aryl methyl sites for hydroxylation is 1. The van der Waals surface area contributed by atoms with Crippen molar-refractivity contribution in [3.05, 3.63) is 36.2 Å². The molecule has 2 rings (SSSR count). The predicted molar refractivity (Wildman–Crippen MR) is 86.0 cm³/mol. The Morgan fingerprint density at radius 3 is 2.40 bits per heavy atom. The van der Waals surface area contributed by atoms with Crippen molar-refractivity contribution in [2.24, 2.45) is 5.92 Å². The summed E-state index contributed by atoms with van der Waals surface area (Å²) in [7, 11) is 4.10. The van der Waals surface area contributed by atoms with Crippen molar-refractivity contribution in [2.45, 2.75) is 20.8 Å². The van der Waals surface area contributed by atoms with Crippen molar-refractivity contribution < 1.29 is 0 Å². The van der Waals surface area contributed by atoms with Gasteiger partial charge < -0.3 is 10.2 Å². The first kappa shape index (κ1) is 14.4. The normalized spacial score (nSPS) is 10.9. The smallest absolute Gasteiger partial charge is 0.207 e. The molecule has 0 saturated carbocycles. The third kappa shape index (κ3) is 3.32. The molecule has 0 saturated heterocycles. The van der Waals surface area contributed by atoms with Crippen LogP contribution in [0.3, 0.4) is 0 Å². The molecule has 0 spiro atoms. The van der Waals surface area contributed by atoms with Gasteiger partial charge in [-0.3, -0.25) is 4.57 Å². The van der Waals surface area contributed by atoms with Gasteiger partial charge in [-0.25, -0.2) is 4.98 Å². The van der Waals surface area contributed by atoms with E-state index in [9.17, 15) is 0 Å². The Bertz CT molecular complexity index is 552. The van der Waals surface area contributed by atoms with Crippen LogP contribution < -0.4 is 10.2 Å². The molecule has 0 bridgehead atoms. The van der Waals surface area contributed by atoms with Crippen LogP contribution in [0.2, 0.25) is 0 Å². The van der Waals surface area contributed by atoms with E-state index in [0.29, 0.717) is 5.92 Å². The number of anilines is 2. The molecule has 1 N–H and O–H groups in total. The van der Waals surface area contributed by atoms with Crippen molar-refractivity contribution >= 4 is 11.6 Å². The predicted octanol–water partition coefficient (Wildman–Crippen LogP) is 3.31. The minimum atomic E-state index is 0.594. The number of rotatable bonds is 5. The minimum absolute atomic E-state index is 0.594. The van der Waals surface area contributed by atoms with Crippen LogP contribution in [-0.2, 0) is 0 Å². The summed E-state index contributed by atoms with van der Waals surface area (Å²) >= 11 is 0. The Kier molecular flexibility index (Phi) is 4.32. The average molecular weight is 272 g/mol. The molecule has 0 aliphatic carbocycles. The monoisotopic (exact) mass is 272 g/mol. The van der Waals surface area contributed by atoms with Gasteiger partial charge in [-0.1, -0.05) is 13.8 Å². The first-order valence-electron chi connectivity index (χ1n) is 7.05. The Balaban J connectivity index is 2.27. The average Bonchev–Trinajstić information content (AvgIpc) is 2.77. The minimum Gasteiger partial charge on any atom is -0.378 e. The molecule has 0 atom stereocenters. The molecule has 0 amide bonds. The van der Waals surface area contributed by atoms with Crippen LogP contribution in [0.1, 0.15) is 19.5 Å². The summed E-state index contributed by atoms with van der Waals surface area (Å²) in [5.74, 6) is 1.50. The number of imidazole rings is 1. The molecule has 108 valence electrons. The molecule has 2 aromatic rings. The molecule has 0 radical (unpaired) electrons. The molecular formula is C16H24N4. The van der Waals surface area contributed by atoms with Gasteiger partial charge in [0.2, 0.25) is 5.95 Å². The zero-order valence-corrected chi connectivity index (χ0v) is 13.0. The van der Waals surface area contributed by atoms with E-state index >= 15 is 0 Å². The van der Waals surface area contributed by atoms with Crippen LogP contribution in [0, 0.1) is 12.8 Å². The number of hydrogen-bond donors (Lipinski definition) is 1. The van der Waals surface area contributed by atoms with Gasteiger partial charge in [0, 0.05) is 38.2 Å². The van der Waals surface area contributed by atoms with Crippen molar-refractivity contribution in [1.82, 2.24) is 9.55 Å². The summed E-state index contributed by atoms with van der Waals surface area (Å²) in [5.41, 5.74) is 3.35. The zero-order chi connectivity index (χ0) is 14.7. The molecule has 4 heteroatoms. The second kappa shape index (κ2) is 5.99. The molecule has 0 unspecified atom stereocenters. The number of nitrogens with one attached hydrogen (secondary N) is 1. The zero-order valence-electron chi connectivity index (χ0n) is 13.0. The summed E-state index contributed by atoms with van der Waals surface area (Å²) in [6, 6.07) is 8.49. The molecule has 0 aliphatic rings. The highest BCUT2D eigenvalue weighted by Crippen LogP contribution is 2.20. The van der Waals surface area contributed by atoms with E-state index in [0.717, 1.165) is 23.9 Å². The van der Waals surface area contributed by atoms with E-state index < -0.39 is 0 Å². The number of benzene rings is 1. The molecule has 20 heavy (non-hydrogen) atoms. The van der Waals surface area contributed by atoms with Gasteiger partial charge >= 0.3 is 0 Å². The maximum atomic E-state index is 4.56. The lowest BCUT2D eigenvalue weighted by atomic mass is 10.2. The molecular weight excluding hydrogens is 248 g/mol. The summed E-state index contributed by atoms with van der Waals surface area (Å²) in [4.78, 5) is 6.66. The van der Waals surface area contributed by atoms with Crippen LogP contribution in [0.4, 0.5) is 11.6 Å². The first-order chi connectivity index (χ1) is 9.47. The summed E-state index contributed by atoms with van der Waals surface area (Å²) < 4.78 is 2.11. The van der Waals surface area contributed by atoms with Crippen LogP contribution in [0.15, 0.2) is 30.5 Å². The Morgan fingerprint density at radius 1 is 1.20 bits per heavy atom. The fourth-order valence-electron chi connectivity index (χ4n) is 2.03. The molecule has 0 aliphatic heterocycles. The van der Waals surface area contributed by atoms with Gasteiger partial charge in [0.25, 0.3) is 0 Å². The summed E-state index contributed by atoms with van der Waals surface area (Å²) in [6.45, 7) is 7.33. The third-order valence-corrected chi connectivity index (χ3v) is 3.14. The topological polar surface area (TPSA) is 33.1 Å². The Hall–Kier alpha value is -1.97. The van der Waals surface area contributed by atoms with Crippen molar-refractivity contribution in [1.29, 1.82) is 0 Å². The van der Waals surface area contributed by atoms with E-state index in [-0.39, 0.29) is 0 Å². The highest BCUT2D eigenvalue weighted by Gasteiger charge is 2.08. The summed E-state index contributed by atoms with van der Waals surface area (Å²) in [5, 5.41) is 3.41. The number of nitrogens with zero attached hydrogens (tertiary/aromatic N) is 3. The van der Waals surface area contributed by atoms with Crippen LogP contribution >= 0.6 is 0 Å². The van der Waals surface area contributed by atoms with Gasteiger partial charge in [-0.15, -0.1) is 0 Å². The van der Waals surface area contributed by atoms with E-state index in [1.165, 1.54) is 5.69 Å². The van der Waals surface area contributed by atoms with Gasteiger partial charge in [0.15, 0.2) is 0 Å². The second-order valence-corrected chi connectivity index (χ2v) is 5.76. The molecule has 0 fully saturated rings. The van der Waals surface area contributed by atoms with Gasteiger partial charge in [-0.05, 0) is 37.1 Å². The van der Waals surface area contributed by atoms with E-state index in [4.69, 9.17) is 0 Å². The number of aromatic nitrogens is 2. The van der Waals surface area contributed by atoms with Crippen molar-refractivity contribution in [2.75, 3.05) is 30.9 Å². The summed E-state index contributed by atoms with van der Waals surface area (Å²) in [6.07, 6.45) is 2.06. The fourth-order valence-corrected chi connectivity index (χ4v) is 2.03. The highest BCUT2D eigenvalue weighted by molar-refractivity contribution is 5.52. The van der Waals surface area contributed by atoms with E-state index in [2.05, 4.69) is 64.1 Å². The highest BCUT2D eigenvalue weighted by atomic mass is 15.2. The maximum Gasteiger partial charge on any atom is 0.207 e. The number of hydrogen-bond acceptors (Lipinski definition) is 3. The van der Waals surface area contributed by atoms with Gasteiger partial charge in [0.05, 0.1) is 5.69 Å². The maximum absolute atomic E-state index is 4.56. The standard InChI is InChI=1S/C16H24N4/c1-12(2)10-17-16-18-13(3)11-20(16)15-8-6-14(7-9-15)19(4)5/h6-9,11-12H,10H2,1-5H3,(H,17,18). The SMILES string of the molecule is Cc1cn(-c2ccc(N(C)C)cc2)c(NCC(C)C)n1. The lowest BCUT2D eigenvalue weighted by molar-refractivity contribution is 0.683.